The van der Waals surface area contributed by atoms with Crippen LogP contribution >= 0.6 is 0 Å². The summed E-state index contributed by atoms with van der Waals surface area (Å²) in [5.41, 5.74) is 5.02. The summed E-state index contributed by atoms with van der Waals surface area (Å²) in [6, 6.07) is 22.2. The molecule has 7 heteroatoms. The Morgan fingerprint density at radius 3 is 2.21 bits per heavy atom. The summed E-state index contributed by atoms with van der Waals surface area (Å²) in [4.78, 5) is 35.8. The summed E-state index contributed by atoms with van der Waals surface area (Å²) in [7, 11) is 0. The number of hydrogen-bond donors (Lipinski definition) is 3. The number of amides is 2. The van der Waals surface area contributed by atoms with Gasteiger partial charge in [0.05, 0.1) is 11.5 Å². The number of ether oxygens (including phenoxy) is 1. The number of fused-ring (bicyclic) bond motifs is 3. The number of nitrogens with one attached hydrogen (secondary N) is 2. The van der Waals surface area contributed by atoms with E-state index in [9.17, 15) is 14.4 Å². The number of hydrogen-bond acceptors (Lipinski definition) is 4. The van der Waals surface area contributed by atoms with Gasteiger partial charge in [0.15, 0.2) is 0 Å². The van der Waals surface area contributed by atoms with E-state index < -0.39 is 18.0 Å². The maximum absolute atomic E-state index is 12.4. The molecule has 7 nitrogen and oxygen atoms in total. The Morgan fingerprint density at radius 1 is 0.939 bits per heavy atom. The second-order valence-corrected chi connectivity index (χ2v) is 7.98. The van der Waals surface area contributed by atoms with Crippen LogP contribution in [0.25, 0.3) is 11.1 Å². The summed E-state index contributed by atoms with van der Waals surface area (Å²) in [5.74, 6) is -1.99. The van der Waals surface area contributed by atoms with Crippen molar-refractivity contribution in [3.8, 4) is 11.1 Å². The van der Waals surface area contributed by atoms with Gasteiger partial charge in [-0.05, 0) is 40.5 Å². The lowest BCUT2D eigenvalue weighted by Crippen LogP contribution is -2.35. The average molecular weight is 444 g/mol. The molecule has 0 spiro atoms. The van der Waals surface area contributed by atoms with Gasteiger partial charge in [0.2, 0.25) is 5.91 Å². The first-order valence-electron chi connectivity index (χ1n) is 10.7. The third kappa shape index (κ3) is 4.87. The molecule has 1 atom stereocenters. The molecule has 168 valence electrons. The van der Waals surface area contributed by atoms with Gasteiger partial charge in [-0.3, -0.25) is 4.79 Å². The van der Waals surface area contributed by atoms with Gasteiger partial charge in [-0.25, -0.2) is 9.59 Å². The van der Waals surface area contributed by atoms with Crippen molar-refractivity contribution in [3.05, 3.63) is 89.5 Å². The summed E-state index contributed by atoms with van der Waals surface area (Å²) in [6.45, 7) is 1.95. The van der Waals surface area contributed by atoms with Crippen LogP contribution in [0.5, 0.6) is 0 Å². The van der Waals surface area contributed by atoms with E-state index in [2.05, 4.69) is 22.8 Å². The maximum atomic E-state index is 12.4. The fourth-order valence-corrected chi connectivity index (χ4v) is 3.97. The second kappa shape index (κ2) is 9.56. The monoisotopic (exact) mass is 444 g/mol. The molecule has 33 heavy (non-hydrogen) atoms. The molecule has 0 aromatic heterocycles. The second-order valence-electron chi connectivity index (χ2n) is 7.98. The fourth-order valence-electron chi connectivity index (χ4n) is 3.97. The van der Waals surface area contributed by atoms with E-state index in [0.717, 1.165) is 22.3 Å². The lowest BCUT2D eigenvalue weighted by molar-refractivity contribution is -0.119. The van der Waals surface area contributed by atoms with Crippen molar-refractivity contribution in [2.75, 3.05) is 18.5 Å². The third-order valence-corrected chi connectivity index (χ3v) is 5.72. The van der Waals surface area contributed by atoms with Crippen molar-refractivity contribution < 1.29 is 24.2 Å². The topological polar surface area (TPSA) is 105 Å². The van der Waals surface area contributed by atoms with E-state index >= 15 is 0 Å². The zero-order chi connectivity index (χ0) is 23.4. The fraction of sp³-hybridized carbons (Fsp3) is 0.192. The van der Waals surface area contributed by atoms with Crippen LogP contribution in [0, 0.1) is 5.92 Å². The van der Waals surface area contributed by atoms with E-state index in [-0.39, 0.29) is 30.5 Å². The number of carbonyl (C=O) groups excluding carboxylic acids is 2. The number of aromatic carboxylic acids is 1. The van der Waals surface area contributed by atoms with Crippen molar-refractivity contribution in [2.45, 2.75) is 12.8 Å². The summed E-state index contributed by atoms with van der Waals surface area (Å²) < 4.78 is 5.48. The number of carbonyl (C=O) groups is 3. The summed E-state index contributed by atoms with van der Waals surface area (Å²) >= 11 is 0. The van der Waals surface area contributed by atoms with Crippen molar-refractivity contribution in [1.29, 1.82) is 0 Å². The van der Waals surface area contributed by atoms with Gasteiger partial charge in [0.1, 0.15) is 6.61 Å². The Hall–Kier alpha value is -4.13. The third-order valence-electron chi connectivity index (χ3n) is 5.72. The van der Waals surface area contributed by atoms with Crippen molar-refractivity contribution >= 4 is 23.7 Å². The highest BCUT2D eigenvalue weighted by Gasteiger charge is 2.29. The first-order chi connectivity index (χ1) is 15.9. The molecule has 1 aliphatic rings. The van der Waals surface area contributed by atoms with Gasteiger partial charge in [0, 0.05) is 18.2 Å². The highest BCUT2D eigenvalue weighted by atomic mass is 16.5. The first kappa shape index (κ1) is 22.1. The number of benzene rings is 3. The van der Waals surface area contributed by atoms with Gasteiger partial charge < -0.3 is 20.5 Å². The minimum Gasteiger partial charge on any atom is -0.478 e. The molecule has 0 bridgehead atoms. The Labute approximate surface area is 191 Å². The Balaban J connectivity index is 1.30. The van der Waals surface area contributed by atoms with Gasteiger partial charge in [-0.15, -0.1) is 0 Å². The van der Waals surface area contributed by atoms with E-state index in [1.165, 1.54) is 12.1 Å². The molecule has 0 saturated carbocycles. The molecule has 0 fully saturated rings. The van der Waals surface area contributed by atoms with Gasteiger partial charge in [-0.2, -0.15) is 0 Å². The highest BCUT2D eigenvalue weighted by Crippen LogP contribution is 2.44. The number of rotatable bonds is 7. The molecule has 3 N–H and O–H groups in total. The molecule has 0 saturated heterocycles. The predicted octanol–water partition coefficient (Wildman–Crippen LogP) is 4.50. The largest absolute Gasteiger partial charge is 0.478 e. The quantitative estimate of drug-likeness (QED) is 0.498. The average Bonchev–Trinajstić information content (AvgIpc) is 3.15. The van der Waals surface area contributed by atoms with Crippen molar-refractivity contribution in [3.63, 3.8) is 0 Å². The molecular formula is C26H24N2O5. The SMILES string of the molecule is CC(CNC(=O)OCC1c2ccccc2-c2ccccc21)C(=O)Nc1cccc(C(=O)O)c1. The molecule has 3 aromatic rings. The molecule has 0 aliphatic heterocycles. The van der Waals surface area contributed by atoms with Crippen LogP contribution in [0.15, 0.2) is 72.8 Å². The summed E-state index contributed by atoms with van der Waals surface area (Å²) in [6.07, 6.45) is -0.593. The number of alkyl carbamates (subject to hydrolysis) is 1. The zero-order valence-electron chi connectivity index (χ0n) is 18.1. The van der Waals surface area contributed by atoms with E-state index in [1.54, 1.807) is 19.1 Å². The van der Waals surface area contributed by atoms with Gasteiger partial charge in [0.25, 0.3) is 0 Å². The maximum Gasteiger partial charge on any atom is 0.407 e. The lowest BCUT2D eigenvalue weighted by Gasteiger charge is -2.16. The molecule has 4 rings (SSSR count). The Morgan fingerprint density at radius 2 is 1.58 bits per heavy atom. The van der Waals surface area contributed by atoms with Crippen molar-refractivity contribution in [2.24, 2.45) is 5.92 Å². The molecule has 1 aliphatic carbocycles. The van der Waals surface area contributed by atoms with Crippen LogP contribution in [0.2, 0.25) is 0 Å². The molecule has 0 radical (unpaired) electrons. The van der Waals surface area contributed by atoms with Gasteiger partial charge >= 0.3 is 12.1 Å². The Kier molecular flexibility index (Phi) is 6.40. The van der Waals surface area contributed by atoms with Crippen LogP contribution < -0.4 is 10.6 Å². The molecule has 0 heterocycles. The predicted molar refractivity (Wildman–Crippen MR) is 124 cm³/mol. The lowest BCUT2D eigenvalue weighted by atomic mass is 9.98. The zero-order valence-corrected chi connectivity index (χ0v) is 18.1. The highest BCUT2D eigenvalue weighted by molar-refractivity contribution is 5.95. The molecule has 2 amide bonds. The smallest absolute Gasteiger partial charge is 0.407 e. The summed E-state index contributed by atoms with van der Waals surface area (Å²) in [5, 5.41) is 14.4. The molecule has 1 unspecified atom stereocenters. The Bertz CT molecular complexity index is 1160. The van der Waals surface area contributed by atoms with Gasteiger partial charge in [-0.1, -0.05) is 61.5 Å². The number of anilines is 1. The van der Waals surface area contributed by atoms with Crippen LogP contribution in [0.4, 0.5) is 10.5 Å². The number of carboxylic acids is 1. The van der Waals surface area contributed by atoms with Crippen LogP contribution in [-0.2, 0) is 9.53 Å². The van der Waals surface area contributed by atoms with Crippen LogP contribution in [0.1, 0.15) is 34.3 Å². The first-order valence-corrected chi connectivity index (χ1v) is 10.7. The minimum absolute atomic E-state index is 0.0367. The standard InChI is InChI=1S/C26H24N2O5/c1-16(24(29)28-18-8-6-7-17(13-18)25(30)31)14-27-26(32)33-15-23-21-11-4-2-9-19(21)20-10-3-5-12-22(20)23/h2-13,16,23H,14-15H2,1H3,(H,27,32)(H,28,29)(H,30,31). The van der Waals surface area contributed by atoms with E-state index in [0.29, 0.717) is 5.69 Å². The normalized spacial score (nSPS) is 12.9. The minimum atomic E-state index is -1.07. The molecular weight excluding hydrogens is 420 g/mol. The van der Waals surface area contributed by atoms with Crippen LogP contribution in [-0.4, -0.2) is 36.2 Å². The molecule has 3 aromatic carbocycles. The van der Waals surface area contributed by atoms with E-state index in [4.69, 9.17) is 9.84 Å². The van der Waals surface area contributed by atoms with E-state index in [1.807, 2.05) is 36.4 Å². The van der Waals surface area contributed by atoms with Crippen LogP contribution in [0.3, 0.4) is 0 Å². The number of carboxylic acid groups (broad SMARTS) is 1. The van der Waals surface area contributed by atoms with Crippen molar-refractivity contribution in [1.82, 2.24) is 5.32 Å².